The number of ketones is 2. The average molecular weight is 425 g/mol. The molecular formula is C26H32O5. The van der Waals surface area contributed by atoms with E-state index in [1.165, 1.54) is 7.11 Å². The highest BCUT2D eigenvalue weighted by molar-refractivity contribution is 6.25. The Balaban J connectivity index is 2.53. The third-order valence-electron chi connectivity index (χ3n) is 5.41. The van der Waals surface area contributed by atoms with Crippen LogP contribution in [0.5, 0.6) is 0 Å². The van der Waals surface area contributed by atoms with Crippen LogP contribution in [0.2, 0.25) is 0 Å². The number of aryl methyl sites for hydroxylation is 1. The Labute approximate surface area is 184 Å². The highest BCUT2D eigenvalue weighted by Gasteiger charge is 2.51. The lowest BCUT2D eigenvalue weighted by atomic mass is 9.76. The summed E-state index contributed by atoms with van der Waals surface area (Å²) in [5, 5.41) is 21.9. The molecule has 2 rings (SSSR count). The van der Waals surface area contributed by atoms with E-state index < -0.39 is 22.9 Å². The first-order valence-electron chi connectivity index (χ1n) is 10.4. The standard InChI is InChI=1S/C26H32O5/c1-17(2)11-13-20-23(28)22(21(27)14-12-19-9-7-6-8-10-19)25(30)26(31-5,24(20)29)16-15-18(3)4/h6-11,15,28-29H,12-14,16H2,1-5H3/t26-/m0/s1. The summed E-state index contributed by atoms with van der Waals surface area (Å²) >= 11 is 0. The lowest BCUT2D eigenvalue weighted by Gasteiger charge is -2.35. The minimum atomic E-state index is -1.73. The molecule has 31 heavy (non-hydrogen) atoms. The van der Waals surface area contributed by atoms with Gasteiger partial charge in [0.25, 0.3) is 0 Å². The van der Waals surface area contributed by atoms with Gasteiger partial charge in [-0.3, -0.25) is 9.59 Å². The van der Waals surface area contributed by atoms with Crippen LogP contribution >= 0.6 is 0 Å². The SMILES string of the molecule is CO[C@]1(CC=C(C)C)C(=O)C(C(=O)CCc2ccccc2)=C(O)C(CC=C(C)C)=C1O. The van der Waals surface area contributed by atoms with Crippen LogP contribution in [-0.4, -0.2) is 34.5 Å². The summed E-state index contributed by atoms with van der Waals surface area (Å²) in [6.45, 7) is 7.54. The quantitative estimate of drug-likeness (QED) is 0.404. The summed E-state index contributed by atoms with van der Waals surface area (Å²) in [6, 6.07) is 9.48. The van der Waals surface area contributed by atoms with Gasteiger partial charge in [-0.25, -0.2) is 0 Å². The first-order chi connectivity index (χ1) is 14.6. The maximum absolute atomic E-state index is 13.4. The number of methoxy groups -OCH3 is 1. The third-order valence-corrected chi connectivity index (χ3v) is 5.41. The summed E-state index contributed by atoms with van der Waals surface area (Å²) in [5.41, 5.74) is 1.01. The van der Waals surface area contributed by atoms with E-state index >= 15 is 0 Å². The van der Waals surface area contributed by atoms with Crippen molar-refractivity contribution in [3.05, 3.63) is 81.9 Å². The van der Waals surface area contributed by atoms with Crippen LogP contribution in [0.15, 0.2) is 76.3 Å². The topological polar surface area (TPSA) is 83.8 Å². The fraction of sp³-hybridized carbons (Fsp3) is 0.385. The van der Waals surface area contributed by atoms with E-state index in [4.69, 9.17) is 4.74 Å². The van der Waals surface area contributed by atoms with Crippen molar-refractivity contribution < 1.29 is 24.5 Å². The Morgan fingerprint density at radius 3 is 2.19 bits per heavy atom. The maximum Gasteiger partial charge on any atom is 0.210 e. The number of allylic oxidation sites excluding steroid dienone is 4. The molecule has 5 heteroatoms. The Kier molecular flexibility index (Phi) is 8.17. The van der Waals surface area contributed by atoms with Crippen molar-refractivity contribution in [2.45, 2.75) is 59.0 Å². The van der Waals surface area contributed by atoms with E-state index in [1.54, 1.807) is 6.08 Å². The molecule has 1 aliphatic carbocycles. The number of carbonyl (C=O) groups is 2. The summed E-state index contributed by atoms with van der Waals surface area (Å²) < 4.78 is 5.56. The van der Waals surface area contributed by atoms with Gasteiger partial charge in [0.15, 0.2) is 11.4 Å². The number of benzene rings is 1. The van der Waals surface area contributed by atoms with Crippen molar-refractivity contribution >= 4 is 11.6 Å². The molecular weight excluding hydrogens is 392 g/mol. The molecule has 1 aromatic rings. The zero-order valence-corrected chi connectivity index (χ0v) is 19.0. The predicted molar refractivity (Wildman–Crippen MR) is 122 cm³/mol. The third kappa shape index (κ3) is 5.42. The normalized spacial score (nSPS) is 18.8. The van der Waals surface area contributed by atoms with Gasteiger partial charge >= 0.3 is 0 Å². The largest absolute Gasteiger partial charge is 0.508 e. The molecule has 0 spiro atoms. The molecule has 2 N–H and O–H groups in total. The fourth-order valence-electron chi connectivity index (χ4n) is 3.52. The molecule has 0 unspecified atom stereocenters. The summed E-state index contributed by atoms with van der Waals surface area (Å²) in [7, 11) is 1.33. The molecule has 0 saturated carbocycles. The van der Waals surface area contributed by atoms with Gasteiger partial charge in [-0.05, 0) is 46.1 Å². The van der Waals surface area contributed by atoms with Gasteiger partial charge in [-0.1, -0.05) is 53.6 Å². The molecule has 1 atom stereocenters. The monoisotopic (exact) mass is 424 g/mol. The van der Waals surface area contributed by atoms with E-state index in [2.05, 4.69) is 0 Å². The molecule has 0 bridgehead atoms. The van der Waals surface area contributed by atoms with Crippen molar-refractivity contribution in [3.8, 4) is 0 Å². The Morgan fingerprint density at radius 2 is 1.65 bits per heavy atom. The van der Waals surface area contributed by atoms with Crippen LogP contribution in [0.3, 0.4) is 0 Å². The molecule has 1 aromatic carbocycles. The highest BCUT2D eigenvalue weighted by Crippen LogP contribution is 2.40. The van der Waals surface area contributed by atoms with E-state index in [9.17, 15) is 19.8 Å². The number of hydrogen-bond donors (Lipinski definition) is 2. The van der Waals surface area contributed by atoms with Crippen molar-refractivity contribution in [3.63, 3.8) is 0 Å². The van der Waals surface area contributed by atoms with E-state index in [0.717, 1.165) is 16.7 Å². The first kappa shape index (κ1) is 24.4. The molecule has 166 valence electrons. The molecule has 1 aliphatic rings. The molecule has 0 aliphatic heterocycles. The Bertz CT molecular complexity index is 955. The van der Waals surface area contributed by atoms with Gasteiger partial charge in [0.1, 0.15) is 17.1 Å². The summed E-state index contributed by atoms with van der Waals surface area (Å²) in [5.74, 6) is -1.97. The summed E-state index contributed by atoms with van der Waals surface area (Å²) in [4.78, 5) is 26.5. The van der Waals surface area contributed by atoms with Gasteiger partial charge in [0.05, 0.1) is 0 Å². The smallest absolute Gasteiger partial charge is 0.210 e. The molecule has 0 fully saturated rings. The predicted octanol–water partition coefficient (Wildman–Crippen LogP) is 5.49. The maximum atomic E-state index is 13.4. The zero-order valence-electron chi connectivity index (χ0n) is 19.0. The summed E-state index contributed by atoms with van der Waals surface area (Å²) in [6.07, 6.45) is 4.36. The first-order valence-corrected chi connectivity index (χ1v) is 10.4. The fourth-order valence-corrected chi connectivity index (χ4v) is 3.52. The second-order valence-corrected chi connectivity index (χ2v) is 8.29. The lowest BCUT2D eigenvalue weighted by Crippen LogP contribution is -2.48. The number of aliphatic hydroxyl groups is 2. The lowest BCUT2D eigenvalue weighted by molar-refractivity contribution is -0.138. The number of rotatable bonds is 9. The second kappa shape index (κ2) is 10.4. The number of aliphatic hydroxyl groups excluding tert-OH is 2. The van der Waals surface area contributed by atoms with Crippen molar-refractivity contribution in [1.82, 2.24) is 0 Å². The van der Waals surface area contributed by atoms with Gasteiger partial charge in [-0.2, -0.15) is 0 Å². The van der Waals surface area contributed by atoms with E-state index in [0.29, 0.717) is 6.42 Å². The van der Waals surface area contributed by atoms with Gasteiger partial charge in [-0.15, -0.1) is 0 Å². The van der Waals surface area contributed by atoms with Crippen molar-refractivity contribution in [2.24, 2.45) is 0 Å². The molecule has 0 heterocycles. The Morgan fingerprint density at radius 1 is 1.03 bits per heavy atom. The number of hydrogen-bond acceptors (Lipinski definition) is 5. The molecule has 0 radical (unpaired) electrons. The number of Topliss-reactive ketones (excluding diaryl/α,β-unsaturated/α-hetero) is 2. The molecule has 0 aromatic heterocycles. The molecule has 0 saturated heterocycles. The van der Waals surface area contributed by atoms with Crippen LogP contribution < -0.4 is 0 Å². The van der Waals surface area contributed by atoms with E-state index in [-0.39, 0.29) is 36.2 Å². The van der Waals surface area contributed by atoms with Crippen molar-refractivity contribution in [1.29, 1.82) is 0 Å². The van der Waals surface area contributed by atoms with Gasteiger partial charge in [0.2, 0.25) is 5.78 Å². The van der Waals surface area contributed by atoms with Crippen LogP contribution in [0.4, 0.5) is 0 Å². The van der Waals surface area contributed by atoms with Crippen molar-refractivity contribution in [2.75, 3.05) is 7.11 Å². The van der Waals surface area contributed by atoms with E-state index in [1.807, 2.05) is 64.1 Å². The van der Waals surface area contributed by atoms with Crippen LogP contribution in [0, 0.1) is 0 Å². The second-order valence-electron chi connectivity index (χ2n) is 8.29. The number of carbonyl (C=O) groups excluding carboxylic acids is 2. The Hall–Kier alpha value is -2.92. The highest BCUT2D eigenvalue weighted by atomic mass is 16.5. The van der Waals surface area contributed by atoms with Gasteiger partial charge < -0.3 is 14.9 Å². The molecule has 5 nitrogen and oxygen atoms in total. The average Bonchev–Trinajstić information content (AvgIpc) is 2.73. The van der Waals surface area contributed by atoms with Crippen LogP contribution in [0.25, 0.3) is 0 Å². The molecule has 0 amide bonds. The van der Waals surface area contributed by atoms with Crippen LogP contribution in [0.1, 0.15) is 52.5 Å². The van der Waals surface area contributed by atoms with Crippen LogP contribution in [-0.2, 0) is 20.7 Å². The minimum Gasteiger partial charge on any atom is -0.508 e. The minimum absolute atomic E-state index is 0.0638. The van der Waals surface area contributed by atoms with Gasteiger partial charge in [0, 0.05) is 25.5 Å². The zero-order chi connectivity index (χ0) is 23.2. The number of ether oxygens (including phenoxy) is 1.